The Morgan fingerprint density at radius 2 is 1.94 bits per heavy atom. The summed E-state index contributed by atoms with van der Waals surface area (Å²) in [5.41, 5.74) is 1.14. The van der Waals surface area contributed by atoms with Crippen LogP contribution in [0.3, 0.4) is 0 Å². The summed E-state index contributed by atoms with van der Waals surface area (Å²) in [5, 5.41) is 3.47. The van der Waals surface area contributed by atoms with Gasteiger partial charge in [0.05, 0.1) is 0 Å². The van der Waals surface area contributed by atoms with E-state index in [2.05, 4.69) is 40.1 Å². The molecule has 1 aromatic rings. The molecule has 0 aliphatic carbocycles. The summed E-state index contributed by atoms with van der Waals surface area (Å²) in [6, 6.07) is 2.15. The van der Waals surface area contributed by atoms with E-state index in [0.29, 0.717) is 5.92 Å². The molecule has 2 fully saturated rings. The zero-order valence-electron chi connectivity index (χ0n) is 10.6. The Kier molecular flexibility index (Phi) is 2.74. The van der Waals surface area contributed by atoms with Crippen LogP contribution in [0.1, 0.15) is 25.5 Å². The van der Waals surface area contributed by atoms with Crippen LogP contribution in [0.4, 0.5) is 5.82 Å². The summed E-state index contributed by atoms with van der Waals surface area (Å²) >= 11 is 0. The molecule has 4 heteroatoms. The molecule has 3 heterocycles. The highest BCUT2D eigenvalue weighted by molar-refractivity contribution is 5.41. The Labute approximate surface area is 102 Å². The summed E-state index contributed by atoms with van der Waals surface area (Å²) in [6.45, 7) is 8.98. The lowest BCUT2D eigenvalue weighted by atomic mass is 10.0. The molecule has 2 atom stereocenters. The van der Waals surface area contributed by atoms with E-state index in [-0.39, 0.29) is 0 Å². The number of hydrogen-bond acceptors (Lipinski definition) is 4. The van der Waals surface area contributed by atoms with E-state index in [0.717, 1.165) is 36.4 Å². The predicted octanol–water partition coefficient (Wildman–Crippen LogP) is 1.26. The van der Waals surface area contributed by atoms with Crippen LogP contribution >= 0.6 is 0 Å². The van der Waals surface area contributed by atoms with Crippen molar-refractivity contribution in [2.45, 2.75) is 19.8 Å². The fourth-order valence-electron chi connectivity index (χ4n) is 2.89. The molecule has 0 radical (unpaired) electrons. The van der Waals surface area contributed by atoms with E-state index in [1.54, 1.807) is 6.33 Å². The van der Waals surface area contributed by atoms with Gasteiger partial charge in [-0.1, -0.05) is 13.8 Å². The first-order valence-corrected chi connectivity index (χ1v) is 6.51. The van der Waals surface area contributed by atoms with Crippen LogP contribution in [-0.2, 0) is 0 Å². The van der Waals surface area contributed by atoms with Crippen LogP contribution in [-0.4, -0.2) is 36.1 Å². The second-order valence-electron chi connectivity index (χ2n) is 5.54. The highest BCUT2D eigenvalue weighted by Gasteiger charge is 2.36. The van der Waals surface area contributed by atoms with E-state index in [1.165, 1.54) is 13.1 Å². The average Bonchev–Trinajstić information content (AvgIpc) is 2.89. The Balaban J connectivity index is 1.78. The van der Waals surface area contributed by atoms with Crippen molar-refractivity contribution < 1.29 is 0 Å². The van der Waals surface area contributed by atoms with Crippen LogP contribution in [0.15, 0.2) is 12.4 Å². The molecule has 1 aromatic heterocycles. The first-order valence-electron chi connectivity index (χ1n) is 6.51. The molecule has 3 rings (SSSR count). The van der Waals surface area contributed by atoms with Crippen molar-refractivity contribution in [3.63, 3.8) is 0 Å². The normalized spacial score (nSPS) is 27.8. The molecule has 2 aliphatic rings. The van der Waals surface area contributed by atoms with Gasteiger partial charge in [0.2, 0.25) is 0 Å². The van der Waals surface area contributed by atoms with Gasteiger partial charge in [0.1, 0.15) is 12.1 Å². The predicted molar refractivity (Wildman–Crippen MR) is 68.2 cm³/mol. The number of aromatic nitrogens is 2. The smallest absolute Gasteiger partial charge is 0.132 e. The van der Waals surface area contributed by atoms with Gasteiger partial charge in [-0.2, -0.15) is 0 Å². The standard InChI is InChI=1S/C13H20N4/c1-9(2)12-3-13(16-8-15-12)17-6-10-4-14-5-11(10)7-17/h3,8-11,14H,4-7H2,1-2H3. The van der Waals surface area contributed by atoms with Crippen molar-refractivity contribution >= 4 is 5.82 Å². The number of anilines is 1. The SMILES string of the molecule is CC(C)c1cc(N2CC3CNCC3C2)ncn1. The van der Waals surface area contributed by atoms with Crippen molar-refractivity contribution in [2.75, 3.05) is 31.1 Å². The molecule has 0 bridgehead atoms. The van der Waals surface area contributed by atoms with Crippen LogP contribution in [0.25, 0.3) is 0 Å². The maximum atomic E-state index is 4.43. The number of rotatable bonds is 2. The van der Waals surface area contributed by atoms with Crippen molar-refractivity contribution in [3.8, 4) is 0 Å². The second kappa shape index (κ2) is 4.26. The molecule has 0 aromatic carbocycles. The van der Waals surface area contributed by atoms with Crippen molar-refractivity contribution in [1.82, 2.24) is 15.3 Å². The quantitative estimate of drug-likeness (QED) is 0.833. The van der Waals surface area contributed by atoms with Gasteiger partial charge in [-0.05, 0) is 17.8 Å². The van der Waals surface area contributed by atoms with Crippen LogP contribution in [0.2, 0.25) is 0 Å². The highest BCUT2D eigenvalue weighted by atomic mass is 15.2. The average molecular weight is 232 g/mol. The minimum atomic E-state index is 0.473. The van der Waals surface area contributed by atoms with Gasteiger partial charge in [-0.15, -0.1) is 0 Å². The van der Waals surface area contributed by atoms with E-state index in [4.69, 9.17) is 0 Å². The molecular weight excluding hydrogens is 212 g/mol. The summed E-state index contributed by atoms with van der Waals surface area (Å²) in [5.74, 6) is 3.21. The fourth-order valence-corrected chi connectivity index (χ4v) is 2.89. The molecule has 2 unspecified atom stereocenters. The van der Waals surface area contributed by atoms with Gasteiger partial charge in [-0.3, -0.25) is 0 Å². The Hall–Kier alpha value is -1.16. The first kappa shape index (κ1) is 11.0. The fraction of sp³-hybridized carbons (Fsp3) is 0.692. The molecule has 17 heavy (non-hydrogen) atoms. The van der Waals surface area contributed by atoms with Crippen molar-refractivity contribution in [1.29, 1.82) is 0 Å². The topological polar surface area (TPSA) is 41.0 Å². The molecule has 0 amide bonds. The largest absolute Gasteiger partial charge is 0.356 e. The zero-order valence-corrected chi connectivity index (χ0v) is 10.6. The second-order valence-corrected chi connectivity index (χ2v) is 5.54. The Morgan fingerprint density at radius 3 is 2.59 bits per heavy atom. The lowest BCUT2D eigenvalue weighted by molar-refractivity contribution is 0.533. The monoisotopic (exact) mass is 232 g/mol. The van der Waals surface area contributed by atoms with Gasteiger partial charge >= 0.3 is 0 Å². The lowest BCUT2D eigenvalue weighted by Gasteiger charge is -2.19. The van der Waals surface area contributed by atoms with Crippen molar-refractivity contribution in [2.24, 2.45) is 11.8 Å². The number of nitrogens with one attached hydrogen (secondary N) is 1. The zero-order chi connectivity index (χ0) is 11.8. The molecule has 0 saturated carbocycles. The van der Waals surface area contributed by atoms with Gasteiger partial charge in [-0.25, -0.2) is 9.97 Å². The minimum Gasteiger partial charge on any atom is -0.356 e. The molecule has 2 aliphatic heterocycles. The Morgan fingerprint density at radius 1 is 1.24 bits per heavy atom. The summed E-state index contributed by atoms with van der Waals surface area (Å²) in [7, 11) is 0. The third-order valence-corrected chi connectivity index (χ3v) is 3.98. The highest BCUT2D eigenvalue weighted by Crippen LogP contribution is 2.29. The number of hydrogen-bond donors (Lipinski definition) is 1. The van der Waals surface area contributed by atoms with Gasteiger partial charge in [0.15, 0.2) is 0 Å². The van der Waals surface area contributed by atoms with Crippen LogP contribution < -0.4 is 10.2 Å². The van der Waals surface area contributed by atoms with Crippen LogP contribution in [0.5, 0.6) is 0 Å². The van der Waals surface area contributed by atoms with Crippen LogP contribution in [0, 0.1) is 11.8 Å². The summed E-state index contributed by atoms with van der Waals surface area (Å²) in [6.07, 6.45) is 1.71. The van der Waals surface area contributed by atoms with Crippen molar-refractivity contribution in [3.05, 3.63) is 18.1 Å². The minimum absolute atomic E-state index is 0.473. The number of nitrogens with zero attached hydrogens (tertiary/aromatic N) is 3. The van der Waals surface area contributed by atoms with Gasteiger partial charge in [0, 0.05) is 37.9 Å². The molecule has 92 valence electrons. The third-order valence-electron chi connectivity index (χ3n) is 3.98. The maximum Gasteiger partial charge on any atom is 0.132 e. The lowest BCUT2D eigenvalue weighted by Crippen LogP contribution is -2.26. The van der Waals surface area contributed by atoms with E-state index in [9.17, 15) is 0 Å². The van der Waals surface area contributed by atoms with E-state index < -0.39 is 0 Å². The van der Waals surface area contributed by atoms with E-state index in [1.807, 2.05) is 0 Å². The molecule has 4 nitrogen and oxygen atoms in total. The molecule has 1 N–H and O–H groups in total. The summed E-state index contributed by atoms with van der Waals surface area (Å²) in [4.78, 5) is 11.2. The maximum absolute atomic E-state index is 4.43. The summed E-state index contributed by atoms with van der Waals surface area (Å²) < 4.78 is 0. The molecule has 2 saturated heterocycles. The van der Waals surface area contributed by atoms with Gasteiger partial charge < -0.3 is 10.2 Å². The van der Waals surface area contributed by atoms with E-state index >= 15 is 0 Å². The molecule has 0 spiro atoms. The number of fused-ring (bicyclic) bond motifs is 1. The first-order chi connectivity index (χ1) is 8.24. The third kappa shape index (κ3) is 2.02. The molecular formula is C13H20N4. The Bertz CT molecular complexity index is 392. The van der Waals surface area contributed by atoms with Gasteiger partial charge in [0.25, 0.3) is 0 Å².